The van der Waals surface area contributed by atoms with Crippen molar-refractivity contribution in [3.05, 3.63) is 143 Å². The summed E-state index contributed by atoms with van der Waals surface area (Å²) < 4.78 is 0. The Bertz CT molecular complexity index is 2160. The molecule has 0 atom stereocenters. The molecule has 0 fully saturated rings. The molecule has 0 aliphatic carbocycles. The standard InChI is InChI=1S/C42H30N4O6/c47-37-28-13-1-7-25-8-2-14-29(34(25)28)38(48)44(37)22-19-43(20-23-45-39(49)30-15-3-9-26-10-4-16-31(35(26)30)40(45)50)21-24-46-41(51)32-17-5-11-27-12-6-18-33(36(27)32)42(46)52/h1-18H,19-24H2. The summed E-state index contributed by atoms with van der Waals surface area (Å²) in [7, 11) is 0. The van der Waals surface area contributed by atoms with Gasteiger partial charge in [0.25, 0.3) is 35.4 Å². The first kappa shape index (κ1) is 31.5. The molecule has 0 radical (unpaired) electrons. The molecule has 6 amide bonds. The molecule has 0 saturated carbocycles. The van der Waals surface area contributed by atoms with Gasteiger partial charge in [0.1, 0.15) is 0 Å². The summed E-state index contributed by atoms with van der Waals surface area (Å²) in [5.41, 5.74) is 2.63. The van der Waals surface area contributed by atoms with E-state index < -0.39 is 35.4 Å². The van der Waals surface area contributed by atoms with Gasteiger partial charge in [-0.05, 0) is 52.6 Å². The molecular formula is C42H30N4O6. The van der Waals surface area contributed by atoms with Crippen LogP contribution in [0.15, 0.2) is 109 Å². The zero-order valence-corrected chi connectivity index (χ0v) is 27.9. The number of amides is 6. The third kappa shape index (κ3) is 4.75. The Morgan fingerprint density at radius 3 is 0.750 bits per heavy atom. The molecule has 0 N–H and O–H groups in total. The third-order valence-electron chi connectivity index (χ3n) is 10.5. The van der Waals surface area contributed by atoms with E-state index in [2.05, 4.69) is 0 Å². The minimum atomic E-state index is -0.411. The van der Waals surface area contributed by atoms with Crippen LogP contribution >= 0.6 is 0 Å². The van der Waals surface area contributed by atoms with E-state index in [1.54, 1.807) is 72.8 Å². The van der Waals surface area contributed by atoms with Crippen LogP contribution < -0.4 is 0 Å². The van der Waals surface area contributed by atoms with Crippen LogP contribution in [0.1, 0.15) is 62.1 Å². The number of benzene rings is 6. The highest BCUT2D eigenvalue weighted by molar-refractivity contribution is 6.27. The van der Waals surface area contributed by atoms with Crippen LogP contribution in [0.25, 0.3) is 32.3 Å². The van der Waals surface area contributed by atoms with E-state index in [1.165, 1.54) is 14.7 Å². The molecule has 10 heteroatoms. The molecule has 0 aromatic heterocycles. The molecule has 52 heavy (non-hydrogen) atoms. The fourth-order valence-electron chi connectivity index (χ4n) is 7.91. The van der Waals surface area contributed by atoms with Crippen molar-refractivity contribution in [2.45, 2.75) is 0 Å². The van der Waals surface area contributed by atoms with Gasteiger partial charge in [-0.2, -0.15) is 0 Å². The Morgan fingerprint density at radius 1 is 0.327 bits per heavy atom. The number of carbonyl (C=O) groups excluding carboxylic acids is 6. The normalized spacial score (nSPS) is 15.3. The minimum Gasteiger partial charge on any atom is -0.298 e. The topological polar surface area (TPSA) is 115 Å². The van der Waals surface area contributed by atoms with Crippen LogP contribution in [0.2, 0.25) is 0 Å². The van der Waals surface area contributed by atoms with E-state index in [-0.39, 0.29) is 39.3 Å². The molecule has 6 aromatic rings. The van der Waals surface area contributed by atoms with Crippen molar-refractivity contribution in [3.8, 4) is 0 Å². The maximum absolute atomic E-state index is 13.7. The van der Waals surface area contributed by atoms with E-state index in [9.17, 15) is 28.8 Å². The maximum atomic E-state index is 13.7. The Labute approximate surface area is 297 Å². The van der Waals surface area contributed by atoms with Crippen LogP contribution in [-0.2, 0) is 0 Å². The molecule has 9 rings (SSSR count). The summed E-state index contributed by atoms with van der Waals surface area (Å²) >= 11 is 0. The van der Waals surface area contributed by atoms with E-state index in [1.807, 2.05) is 41.3 Å². The van der Waals surface area contributed by atoms with Crippen molar-refractivity contribution in [1.29, 1.82) is 0 Å². The molecular weight excluding hydrogens is 656 g/mol. The lowest BCUT2D eigenvalue weighted by Crippen LogP contribution is -2.50. The average Bonchev–Trinajstić information content (AvgIpc) is 3.17. The predicted octanol–water partition coefficient (Wildman–Crippen LogP) is 5.64. The first-order chi connectivity index (χ1) is 25.3. The van der Waals surface area contributed by atoms with Crippen LogP contribution in [0.5, 0.6) is 0 Å². The first-order valence-corrected chi connectivity index (χ1v) is 17.2. The summed E-state index contributed by atoms with van der Waals surface area (Å²) in [6.07, 6.45) is 0. The minimum absolute atomic E-state index is 0.0104. The molecule has 0 spiro atoms. The molecule has 10 nitrogen and oxygen atoms in total. The van der Waals surface area contributed by atoms with E-state index in [4.69, 9.17) is 0 Å². The molecule has 0 unspecified atom stereocenters. The van der Waals surface area contributed by atoms with Crippen LogP contribution in [-0.4, -0.2) is 94.3 Å². The highest BCUT2D eigenvalue weighted by atomic mass is 16.2. The number of imide groups is 3. The lowest BCUT2D eigenvalue weighted by atomic mass is 9.94. The lowest BCUT2D eigenvalue weighted by Gasteiger charge is -2.33. The fraction of sp³-hybridized carbons (Fsp3) is 0.143. The van der Waals surface area contributed by atoms with Gasteiger partial charge in [0, 0.05) is 88.8 Å². The Balaban J connectivity index is 0.991. The third-order valence-corrected chi connectivity index (χ3v) is 10.5. The second-order valence-electron chi connectivity index (χ2n) is 13.3. The summed E-state index contributed by atoms with van der Waals surface area (Å²) in [5.74, 6) is -2.46. The molecule has 3 aliphatic rings. The monoisotopic (exact) mass is 686 g/mol. The summed E-state index contributed by atoms with van der Waals surface area (Å²) in [5, 5.41) is 4.30. The maximum Gasteiger partial charge on any atom is 0.261 e. The van der Waals surface area contributed by atoms with Crippen molar-refractivity contribution >= 4 is 67.8 Å². The summed E-state index contributed by atoms with van der Waals surface area (Å²) in [6.45, 7) is 0.532. The SMILES string of the molecule is O=C1c2cccc3cccc(c23)C(=O)N1CCN(CCN1C(=O)c2cccc3cccc(c23)C1=O)CCN1C(=O)c2cccc3cccc(c23)C1=O. The molecule has 3 aliphatic heterocycles. The number of rotatable bonds is 9. The predicted molar refractivity (Wildman–Crippen MR) is 194 cm³/mol. The molecule has 254 valence electrons. The highest BCUT2D eigenvalue weighted by Gasteiger charge is 2.36. The van der Waals surface area contributed by atoms with Gasteiger partial charge in [0.15, 0.2) is 0 Å². The van der Waals surface area contributed by atoms with Gasteiger partial charge in [-0.3, -0.25) is 48.4 Å². The average molecular weight is 687 g/mol. The first-order valence-electron chi connectivity index (χ1n) is 17.2. The van der Waals surface area contributed by atoms with E-state index in [0.717, 1.165) is 16.2 Å². The van der Waals surface area contributed by atoms with Crippen molar-refractivity contribution in [2.24, 2.45) is 0 Å². The van der Waals surface area contributed by atoms with Crippen LogP contribution in [0, 0.1) is 0 Å². The molecule has 6 aromatic carbocycles. The van der Waals surface area contributed by atoms with Gasteiger partial charge in [-0.15, -0.1) is 0 Å². The van der Waals surface area contributed by atoms with Gasteiger partial charge in [0.2, 0.25) is 0 Å². The summed E-state index contributed by atoms with van der Waals surface area (Å²) in [6, 6.07) is 32.2. The second kappa shape index (κ2) is 12.1. The van der Waals surface area contributed by atoms with Gasteiger partial charge < -0.3 is 0 Å². The lowest BCUT2D eigenvalue weighted by molar-refractivity contribution is 0.0563. The number of nitrogens with zero attached hydrogens (tertiary/aromatic N) is 4. The van der Waals surface area contributed by atoms with E-state index in [0.29, 0.717) is 49.5 Å². The fourth-order valence-corrected chi connectivity index (χ4v) is 7.91. The quantitative estimate of drug-likeness (QED) is 0.181. The largest absolute Gasteiger partial charge is 0.298 e. The number of carbonyl (C=O) groups is 6. The zero-order chi connectivity index (χ0) is 35.7. The zero-order valence-electron chi connectivity index (χ0n) is 27.9. The Morgan fingerprint density at radius 2 is 0.538 bits per heavy atom. The molecule has 3 heterocycles. The molecule has 0 bridgehead atoms. The number of hydrogen-bond donors (Lipinski definition) is 0. The highest BCUT2D eigenvalue weighted by Crippen LogP contribution is 2.32. The van der Waals surface area contributed by atoms with Gasteiger partial charge >= 0.3 is 0 Å². The van der Waals surface area contributed by atoms with Crippen molar-refractivity contribution in [3.63, 3.8) is 0 Å². The Hall–Kier alpha value is -6.52. The smallest absolute Gasteiger partial charge is 0.261 e. The van der Waals surface area contributed by atoms with Crippen molar-refractivity contribution in [1.82, 2.24) is 19.6 Å². The van der Waals surface area contributed by atoms with Gasteiger partial charge in [-0.25, -0.2) is 0 Å². The van der Waals surface area contributed by atoms with Crippen LogP contribution in [0.4, 0.5) is 0 Å². The van der Waals surface area contributed by atoms with Crippen molar-refractivity contribution < 1.29 is 28.8 Å². The molecule has 0 saturated heterocycles. The summed E-state index contributed by atoms with van der Waals surface area (Å²) in [4.78, 5) is 87.8. The number of hydrogen-bond acceptors (Lipinski definition) is 7. The van der Waals surface area contributed by atoms with Crippen LogP contribution in [0.3, 0.4) is 0 Å². The Kier molecular flexibility index (Phi) is 7.30. The van der Waals surface area contributed by atoms with Gasteiger partial charge in [-0.1, -0.05) is 72.8 Å². The van der Waals surface area contributed by atoms with Crippen molar-refractivity contribution in [2.75, 3.05) is 39.3 Å². The second-order valence-corrected chi connectivity index (χ2v) is 13.3. The van der Waals surface area contributed by atoms with Gasteiger partial charge in [0.05, 0.1) is 0 Å². The van der Waals surface area contributed by atoms with E-state index >= 15 is 0 Å².